The molecule has 0 N–H and O–H groups in total. The van der Waals surface area contributed by atoms with Crippen LogP contribution in [0.15, 0.2) is 87.5 Å². The first kappa shape index (κ1) is 24.2. The van der Waals surface area contributed by atoms with Gasteiger partial charge in [-0.1, -0.05) is 48.0 Å². The van der Waals surface area contributed by atoms with Crippen LogP contribution < -0.4 is 19.8 Å². The molecule has 0 aliphatic carbocycles. The number of aromatic nitrogens is 1. The number of hydrogen-bond acceptors (Lipinski definition) is 7. The van der Waals surface area contributed by atoms with Crippen LogP contribution in [0.3, 0.4) is 0 Å². The maximum atomic E-state index is 13.8. The van der Waals surface area contributed by atoms with Crippen molar-refractivity contribution in [3.63, 3.8) is 0 Å². The van der Waals surface area contributed by atoms with E-state index in [0.717, 1.165) is 5.56 Å². The molecule has 0 fully saturated rings. The van der Waals surface area contributed by atoms with Crippen molar-refractivity contribution in [1.82, 2.24) is 4.98 Å². The minimum atomic E-state index is -0.773. The van der Waals surface area contributed by atoms with Crippen molar-refractivity contribution in [1.29, 1.82) is 0 Å². The molecular weight excluding hydrogens is 524 g/mol. The predicted molar refractivity (Wildman–Crippen MR) is 147 cm³/mol. The number of halogens is 1. The molecule has 1 aliphatic rings. The van der Waals surface area contributed by atoms with Crippen LogP contribution in [0.1, 0.15) is 40.2 Å². The van der Waals surface area contributed by atoms with Crippen LogP contribution in [-0.2, 0) is 6.61 Å². The van der Waals surface area contributed by atoms with Gasteiger partial charge in [0.1, 0.15) is 12.2 Å². The Kier molecular flexibility index (Phi) is 6.35. The van der Waals surface area contributed by atoms with Gasteiger partial charge in [-0.15, -0.1) is 11.3 Å². The van der Waals surface area contributed by atoms with Crippen LogP contribution >= 0.6 is 22.9 Å². The Labute approximate surface area is 226 Å². The Morgan fingerprint density at radius 1 is 1.03 bits per heavy atom. The first-order valence-corrected chi connectivity index (χ1v) is 13.2. The molecule has 0 radical (unpaired) electrons. The van der Waals surface area contributed by atoms with Crippen LogP contribution in [0.4, 0.5) is 5.13 Å². The van der Waals surface area contributed by atoms with Gasteiger partial charge in [0.05, 0.1) is 23.6 Å². The normalized spacial score (nSPS) is 14.6. The average molecular weight is 545 g/mol. The minimum Gasteiger partial charge on any atom is -0.490 e. The van der Waals surface area contributed by atoms with Crippen molar-refractivity contribution in [2.75, 3.05) is 11.5 Å². The number of thiazole rings is 1. The van der Waals surface area contributed by atoms with E-state index >= 15 is 0 Å². The number of fused-ring (bicyclic) bond motifs is 2. The van der Waals surface area contributed by atoms with E-state index in [4.69, 9.17) is 25.5 Å². The third-order valence-electron chi connectivity index (χ3n) is 6.28. The average Bonchev–Trinajstić information content (AvgIpc) is 3.56. The fourth-order valence-electron chi connectivity index (χ4n) is 4.61. The summed E-state index contributed by atoms with van der Waals surface area (Å²) in [5, 5.41) is 2.94. The summed E-state index contributed by atoms with van der Waals surface area (Å²) in [5.74, 6) is 0.625. The lowest BCUT2D eigenvalue weighted by atomic mass is 9.98. The number of anilines is 1. The molecule has 3 aromatic carbocycles. The molecule has 1 atom stereocenters. The van der Waals surface area contributed by atoms with Gasteiger partial charge in [-0.25, -0.2) is 4.98 Å². The summed E-state index contributed by atoms with van der Waals surface area (Å²) in [6.07, 6.45) is 1.62. The van der Waals surface area contributed by atoms with Gasteiger partial charge in [0.2, 0.25) is 5.76 Å². The predicted octanol–water partition coefficient (Wildman–Crippen LogP) is 6.63. The third kappa shape index (κ3) is 4.21. The molecule has 0 saturated heterocycles. The number of nitrogens with zero attached hydrogens (tertiary/aromatic N) is 2. The van der Waals surface area contributed by atoms with Crippen molar-refractivity contribution in [2.24, 2.45) is 0 Å². The summed E-state index contributed by atoms with van der Waals surface area (Å²) in [7, 11) is 0. The molecule has 1 unspecified atom stereocenters. The maximum absolute atomic E-state index is 13.8. The topological polar surface area (TPSA) is 81.9 Å². The lowest BCUT2D eigenvalue weighted by Crippen LogP contribution is -2.29. The number of rotatable bonds is 7. The monoisotopic (exact) mass is 544 g/mol. The van der Waals surface area contributed by atoms with Crippen molar-refractivity contribution in [3.05, 3.63) is 116 Å². The molecular formula is C29H21ClN2O5S. The van der Waals surface area contributed by atoms with E-state index in [-0.39, 0.29) is 16.8 Å². The summed E-state index contributed by atoms with van der Waals surface area (Å²) in [6, 6.07) is 19.3. The molecule has 1 amide bonds. The van der Waals surface area contributed by atoms with E-state index in [1.54, 1.807) is 41.9 Å². The summed E-state index contributed by atoms with van der Waals surface area (Å²) < 4.78 is 18.0. The van der Waals surface area contributed by atoms with Crippen LogP contribution in [0.5, 0.6) is 11.5 Å². The molecule has 9 heteroatoms. The lowest BCUT2D eigenvalue weighted by Gasteiger charge is -2.23. The molecule has 38 heavy (non-hydrogen) atoms. The fourth-order valence-corrected chi connectivity index (χ4v) is 5.45. The highest BCUT2D eigenvalue weighted by atomic mass is 35.5. The highest BCUT2D eigenvalue weighted by Crippen LogP contribution is 2.44. The van der Waals surface area contributed by atoms with Crippen molar-refractivity contribution in [2.45, 2.75) is 19.6 Å². The van der Waals surface area contributed by atoms with Gasteiger partial charge < -0.3 is 13.9 Å². The second-order valence-electron chi connectivity index (χ2n) is 8.62. The smallest absolute Gasteiger partial charge is 0.297 e. The summed E-state index contributed by atoms with van der Waals surface area (Å²) in [5.41, 5.74) is 1.90. The quantitative estimate of drug-likeness (QED) is 0.229. The molecule has 190 valence electrons. The first-order valence-electron chi connectivity index (χ1n) is 12.0. The zero-order chi connectivity index (χ0) is 26.2. The highest BCUT2D eigenvalue weighted by molar-refractivity contribution is 7.13. The minimum absolute atomic E-state index is 0.00705. The molecule has 3 heterocycles. The van der Waals surface area contributed by atoms with Crippen molar-refractivity contribution >= 4 is 44.9 Å². The molecule has 0 saturated carbocycles. The first-order chi connectivity index (χ1) is 18.5. The summed E-state index contributed by atoms with van der Waals surface area (Å²) in [4.78, 5) is 33.3. The number of ether oxygens (including phenoxy) is 2. The highest BCUT2D eigenvalue weighted by Gasteiger charge is 2.45. The largest absolute Gasteiger partial charge is 0.490 e. The van der Waals surface area contributed by atoms with Crippen LogP contribution in [0, 0.1) is 0 Å². The van der Waals surface area contributed by atoms with Gasteiger partial charge in [-0.05, 0) is 48.4 Å². The molecule has 7 nitrogen and oxygen atoms in total. The summed E-state index contributed by atoms with van der Waals surface area (Å²) in [6.45, 7) is 2.66. The van der Waals surface area contributed by atoms with Gasteiger partial charge in [0, 0.05) is 16.6 Å². The van der Waals surface area contributed by atoms with E-state index in [2.05, 4.69) is 4.98 Å². The standard InChI is InChI=1S/C29H21ClN2O5S/c1-2-35-23-14-18(8-10-22(23)36-16-17-6-4-3-5-7-17)25-24-26(33)20-15-19(30)9-11-21(20)37-27(24)28(34)32(25)29-31-12-13-38-29/h3-15,25H,2,16H2,1H3. The Morgan fingerprint density at radius 2 is 1.87 bits per heavy atom. The van der Waals surface area contributed by atoms with Gasteiger partial charge in [0.15, 0.2) is 22.1 Å². The van der Waals surface area contributed by atoms with E-state index in [1.807, 2.05) is 43.3 Å². The third-order valence-corrected chi connectivity index (χ3v) is 7.28. The van der Waals surface area contributed by atoms with E-state index in [9.17, 15) is 9.59 Å². The molecule has 5 aromatic rings. The number of hydrogen-bond donors (Lipinski definition) is 0. The second-order valence-corrected chi connectivity index (χ2v) is 9.93. The van der Waals surface area contributed by atoms with E-state index < -0.39 is 11.9 Å². The lowest BCUT2D eigenvalue weighted by molar-refractivity contribution is 0.0971. The Balaban J connectivity index is 1.49. The van der Waals surface area contributed by atoms with Gasteiger partial charge in [-0.3, -0.25) is 14.5 Å². The number of carbonyl (C=O) groups is 1. The Hall–Kier alpha value is -4.14. The van der Waals surface area contributed by atoms with Gasteiger partial charge >= 0.3 is 0 Å². The molecule has 1 aliphatic heterocycles. The number of amides is 1. The molecule has 0 spiro atoms. The van der Waals surface area contributed by atoms with Crippen LogP contribution in [0.25, 0.3) is 11.0 Å². The van der Waals surface area contributed by atoms with Crippen LogP contribution in [0.2, 0.25) is 5.02 Å². The van der Waals surface area contributed by atoms with Crippen LogP contribution in [-0.4, -0.2) is 17.5 Å². The van der Waals surface area contributed by atoms with Crippen molar-refractivity contribution < 1.29 is 18.7 Å². The zero-order valence-corrected chi connectivity index (χ0v) is 21.8. The van der Waals surface area contributed by atoms with E-state index in [1.165, 1.54) is 16.2 Å². The van der Waals surface area contributed by atoms with Crippen molar-refractivity contribution in [3.8, 4) is 11.5 Å². The Bertz CT molecular complexity index is 1700. The number of benzene rings is 3. The summed E-state index contributed by atoms with van der Waals surface area (Å²) >= 11 is 7.49. The van der Waals surface area contributed by atoms with Gasteiger partial charge in [0.25, 0.3) is 5.91 Å². The molecule has 0 bridgehead atoms. The SMILES string of the molecule is CCOc1cc(C2c3c(oc4ccc(Cl)cc4c3=O)C(=O)N2c2nccs2)ccc1OCc1ccccc1. The Morgan fingerprint density at radius 3 is 2.63 bits per heavy atom. The second kappa shape index (κ2) is 9.96. The maximum Gasteiger partial charge on any atom is 0.297 e. The molecule has 2 aromatic heterocycles. The molecule has 6 rings (SSSR count). The fraction of sp³-hybridized carbons (Fsp3) is 0.138. The number of carbonyl (C=O) groups excluding carboxylic acids is 1. The zero-order valence-electron chi connectivity index (χ0n) is 20.2. The van der Waals surface area contributed by atoms with Gasteiger partial charge in [-0.2, -0.15) is 0 Å². The van der Waals surface area contributed by atoms with E-state index in [0.29, 0.717) is 51.4 Å².